The molecule has 2 aromatic carbocycles. The molecule has 0 fully saturated rings. The highest BCUT2D eigenvalue weighted by molar-refractivity contribution is 5.83. The molecule has 0 bridgehead atoms. The Morgan fingerprint density at radius 3 is 2.50 bits per heavy atom. The van der Waals surface area contributed by atoms with Crippen LogP contribution >= 0.6 is 0 Å². The van der Waals surface area contributed by atoms with Gasteiger partial charge in [-0.25, -0.2) is 5.43 Å². The number of ether oxygens (including phenoxy) is 2. The molecular weight excluding hydrogens is 334 g/mol. The largest absolute Gasteiger partial charge is 0.497 e. The third-order valence-corrected chi connectivity index (χ3v) is 3.57. The van der Waals surface area contributed by atoms with Gasteiger partial charge in [0.1, 0.15) is 11.5 Å². The van der Waals surface area contributed by atoms with Crippen molar-refractivity contribution in [3.63, 3.8) is 0 Å². The lowest BCUT2D eigenvalue weighted by molar-refractivity contribution is 0.414. The lowest BCUT2D eigenvalue weighted by atomic mass is 10.1. The van der Waals surface area contributed by atoms with Crippen LogP contribution in [0.25, 0.3) is 11.3 Å². The molecule has 3 aromatic rings. The number of benzene rings is 2. The van der Waals surface area contributed by atoms with Gasteiger partial charge in [-0.2, -0.15) is 5.10 Å². The van der Waals surface area contributed by atoms with E-state index >= 15 is 0 Å². The Bertz CT molecular complexity index is 967. The topological polar surface area (TPSA) is 101 Å². The molecule has 2 N–H and O–H groups in total. The van der Waals surface area contributed by atoms with Crippen LogP contribution in [0.1, 0.15) is 5.56 Å². The fourth-order valence-electron chi connectivity index (χ4n) is 2.26. The Kier molecular flexibility index (Phi) is 5.23. The van der Waals surface area contributed by atoms with Gasteiger partial charge in [-0.3, -0.25) is 9.78 Å². The summed E-state index contributed by atoms with van der Waals surface area (Å²) < 4.78 is 10.3. The van der Waals surface area contributed by atoms with Crippen molar-refractivity contribution in [2.75, 3.05) is 19.6 Å². The van der Waals surface area contributed by atoms with Gasteiger partial charge in [-0.15, -0.1) is 10.2 Å². The van der Waals surface area contributed by atoms with Gasteiger partial charge in [0, 0.05) is 11.1 Å². The number of nitrogens with zero attached hydrogens (tertiary/aromatic N) is 3. The quantitative estimate of drug-likeness (QED) is 0.522. The normalized spacial score (nSPS) is 10.7. The van der Waals surface area contributed by atoms with E-state index in [-0.39, 0.29) is 17.2 Å². The summed E-state index contributed by atoms with van der Waals surface area (Å²) >= 11 is 0. The Balaban J connectivity index is 1.75. The number of nitrogens with one attached hydrogen (secondary N) is 2. The predicted octanol–water partition coefficient (Wildman–Crippen LogP) is 2.30. The number of aromatic amines is 1. The molecule has 0 saturated carbocycles. The highest BCUT2D eigenvalue weighted by Crippen LogP contribution is 2.17. The maximum absolute atomic E-state index is 12.2. The van der Waals surface area contributed by atoms with Crippen molar-refractivity contribution in [2.24, 2.45) is 5.10 Å². The molecule has 1 heterocycles. The minimum Gasteiger partial charge on any atom is -0.497 e. The first kappa shape index (κ1) is 17.2. The molecule has 0 aliphatic carbocycles. The number of hydrazone groups is 1. The minimum absolute atomic E-state index is 0.137. The van der Waals surface area contributed by atoms with Crippen LogP contribution < -0.4 is 20.5 Å². The Hall–Kier alpha value is -3.68. The molecule has 0 amide bonds. The standard InChI is InChI=1S/C18H17N5O3/c1-25-14-9-7-12(8-10-14)16-17(24)20-18(23-21-16)22-19-11-13-5-3-4-6-15(13)26-2/h3-11H,1-2H3,(H2,20,22,23,24)/b19-11+. The van der Waals surface area contributed by atoms with Gasteiger partial charge in [0.05, 0.1) is 20.4 Å². The van der Waals surface area contributed by atoms with Crippen LogP contribution in [0.4, 0.5) is 5.95 Å². The average molecular weight is 351 g/mol. The predicted molar refractivity (Wildman–Crippen MR) is 98.9 cm³/mol. The fraction of sp³-hybridized carbons (Fsp3) is 0.111. The fourth-order valence-corrected chi connectivity index (χ4v) is 2.26. The molecule has 0 atom stereocenters. The number of hydrogen-bond acceptors (Lipinski definition) is 7. The molecule has 132 valence electrons. The van der Waals surface area contributed by atoms with E-state index in [2.05, 4.69) is 25.7 Å². The molecular formula is C18H17N5O3. The lowest BCUT2D eigenvalue weighted by Gasteiger charge is -2.04. The number of para-hydroxylation sites is 1. The van der Waals surface area contributed by atoms with Crippen LogP contribution in [0.2, 0.25) is 0 Å². The molecule has 1 aromatic heterocycles. The second-order valence-corrected chi connectivity index (χ2v) is 5.19. The highest BCUT2D eigenvalue weighted by atomic mass is 16.5. The van der Waals surface area contributed by atoms with Crippen LogP contribution in [-0.4, -0.2) is 35.6 Å². The second-order valence-electron chi connectivity index (χ2n) is 5.19. The maximum atomic E-state index is 12.2. The summed E-state index contributed by atoms with van der Waals surface area (Å²) in [7, 11) is 3.16. The van der Waals surface area contributed by atoms with E-state index in [9.17, 15) is 4.79 Å². The van der Waals surface area contributed by atoms with Crippen LogP contribution in [0, 0.1) is 0 Å². The Morgan fingerprint density at radius 2 is 1.81 bits per heavy atom. The molecule has 0 aliphatic heterocycles. The zero-order chi connectivity index (χ0) is 18.4. The number of methoxy groups -OCH3 is 2. The molecule has 0 radical (unpaired) electrons. The van der Waals surface area contributed by atoms with Gasteiger partial charge in [-0.05, 0) is 36.4 Å². The van der Waals surface area contributed by atoms with Gasteiger partial charge < -0.3 is 9.47 Å². The van der Waals surface area contributed by atoms with Crippen LogP contribution in [0.5, 0.6) is 11.5 Å². The van der Waals surface area contributed by atoms with Crippen molar-refractivity contribution >= 4 is 12.2 Å². The van der Waals surface area contributed by atoms with E-state index in [1.54, 1.807) is 44.7 Å². The van der Waals surface area contributed by atoms with E-state index in [0.717, 1.165) is 5.56 Å². The molecule has 0 saturated heterocycles. The number of anilines is 1. The number of hydrogen-bond donors (Lipinski definition) is 2. The monoisotopic (exact) mass is 351 g/mol. The smallest absolute Gasteiger partial charge is 0.279 e. The van der Waals surface area contributed by atoms with Gasteiger partial charge in [-0.1, -0.05) is 12.1 Å². The zero-order valence-electron chi connectivity index (χ0n) is 14.3. The lowest BCUT2D eigenvalue weighted by Crippen LogP contribution is -2.15. The van der Waals surface area contributed by atoms with Gasteiger partial charge in [0.2, 0.25) is 5.95 Å². The third-order valence-electron chi connectivity index (χ3n) is 3.57. The van der Waals surface area contributed by atoms with Crippen molar-refractivity contribution in [1.82, 2.24) is 15.2 Å². The van der Waals surface area contributed by atoms with Crippen molar-refractivity contribution in [3.05, 3.63) is 64.4 Å². The molecule has 8 heteroatoms. The highest BCUT2D eigenvalue weighted by Gasteiger charge is 2.07. The first-order chi connectivity index (χ1) is 12.7. The van der Waals surface area contributed by atoms with Crippen LogP contribution in [-0.2, 0) is 0 Å². The summed E-state index contributed by atoms with van der Waals surface area (Å²) in [4.78, 5) is 14.8. The maximum Gasteiger partial charge on any atom is 0.279 e. The molecule has 26 heavy (non-hydrogen) atoms. The molecule has 0 aliphatic rings. The SMILES string of the molecule is COc1ccc(-c2nnc(N/N=C/c3ccccc3OC)[nH]c2=O)cc1. The van der Waals surface area contributed by atoms with Gasteiger partial charge >= 0.3 is 0 Å². The summed E-state index contributed by atoms with van der Waals surface area (Å²) in [6.07, 6.45) is 1.57. The first-order valence-corrected chi connectivity index (χ1v) is 7.75. The number of H-pyrrole nitrogens is 1. The first-order valence-electron chi connectivity index (χ1n) is 7.75. The van der Waals surface area contributed by atoms with E-state index in [4.69, 9.17) is 9.47 Å². The molecule has 8 nitrogen and oxygen atoms in total. The second kappa shape index (κ2) is 7.93. The van der Waals surface area contributed by atoms with Crippen LogP contribution in [0.3, 0.4) is 0 Å². The van der Waals surface area contributed by atoms with E-state index in [0.29, 0.717) is 17.1 Å². The van der Waals surface area contributed by atoms with Gasteiger partial charge in [0.15, 0.2) is 5.69 Å². The number of rotatable bonds is 6. The summed E-state index contributed by atoms with van der Waals surface area (Å²) in [6, 6.07) is 14.4. The van der Waals surface area contributed by atoms with Crippen LogP contribution in [0.15, 0.2) is 58.4 Å². The molecule has 0 spiro atoms. The summed E-state index contributed by atoms with van der Waals surface area (Å²) in [5.74, 6) is 1.52. The van der Waals surface area contributed by atoms with Crippen molar-refractivity contribution in [2.45, 2.75) is 0 Å². The van der Waals surface area contributed by atoms with E-state index in [1.807, 2.05) is 24.3 Å². The van der Waals surface area contributed by atoms with Crippen molar-refractivity contribution in [1.29, 1.82) is 0 Å². The van der Waals surface area contributed by atoms with E-state index in [1.165, 1.54) is 0 Å². The zero-order valence-corrected chi connectivity index (χ0v) is 14.3. The average Bonchev–Trinajstić information content (AvgIpc) is 2.69. The van der Waals surface area contributed by atoms with E-state index < -0.39 is 0 Å². The Morgan fingerprint density at radius 1 is 1.04 bits per heavy atom. The summed E-state index contributed by atoms with van der Waals surface area (Å²) in [5, 5.41) is 11.9. The third kappa shape index (κ3) is 3.86. The molecule has 3 rings (SSSR count). The minimum atomic E-state index is -0.375. The van der Waals surface area contributed by atoms with Crippen molar-refractivity contribution in [3.8, 4) is 22.8 Å². The summed E-state index contributed by atoms with van der Waals surface area (Å²) in [6.45, 7) is 0. The molecule has 0 unspecified atom stereocenters. The summed E-state index contributed by atoms with van der Waals surface area (Å²) in [5.41, 5.74) is 3.91. The number of aromatic nitrogens is 3. The Labute approximate surface area is 149 Å². The van der Waals surface area contributed by atoms with Crippen molar-refractivity contribution < 1.29 is 9.47 Å². The van der Waals surface area contributed by atoms with Gasteiger partial charge in [0.25, 0.3) is 5.56 Å².